The standard InChI is InChI=1S/C21H22N2O4S/c1-12-6-7-18(8-13(12)2)23(16(5)24)21-22-17(11-28-21)10-26-20(25)19-9-14(3)27-15(19)4/h6-9,11H,10H2,1-5H3. The summed E-state index contributed by atoms with van der Waals surface area (Å²) in [6, 6.07) is 7.49. The first-order valence-corrected chi connectivity index (χ1v) is 9.70. The number of furan rings is 1. The van der Waals surface area contributed by atoms with Crippen LogP contribution in [0.15, 0.2) is 34.1 Å². The summed E-state index contributed by atoms with van der Waals surface area (Å²) in [5.74, 6) is 0.594. The van der Waals surface area contributed by atoms with Crippen LogP contribution in [0.3, 0.4) is 0 Å². The number of anilines is 2. The van der Waals surface area contributed by atoms with Crippen molar-refractivity contribution in [3.63, 3.8) is 0 Å². The van der Waals surface area contributed by atoms with Crippen LogP contribution >= 0.6 is 11.3 Å². The van der Waals surface area contributed by atoms with Gasteiger partial charge in [-0.3, -0.25) is 9.69 Å². The number of carbonyl (C=O) groups is 2. The summed E-state index contributed by atoms with van der Waals surface area (Å²) >= 11 is 1.33. The third-order valence-electron chi connectivity index (χ3n) is 4.41. The van der Waals surface area contributed by atoms with Crippen molar-refractivity contribution in [3.8, 4) is 0 Å². The first kappa shape index (κ1) is 19.8. The van der Waals surface area contributed by atoms with Crippen molar-refractivity contribution in [1.82, 2.24) is 4.98 Å². The fourth-order valence-electron chi connectivity index (χ4n) is 2.81. The van der Waals surface area contributed by atoms with Gasteiger partial charge >= 0.3 is 5.97 Å². The second-order valence-electron chi connectivity index (χ2n) is 6.65. The number of ether oxygens (including phenoxy) is 1. The number of aryl methyl sites for hydroxylation is 4. The zero-order valence-corrected chi connectivity index (χ0v) is 17.3. The zero-order valence-electron chi connectivity index (χ0n) is 16.5. The number of amides is 1. The number of carbonyl (C=O) groups excluding carboxylic acids is 2. The molecule has 28 heavy (non-hydrogen) atoms. The molecule has 3 aromatic rings. The van der Waals surface area contributed by atoms with E-state index in [4.69, 9.17) is 9.15 Å². The van der Waals surface area contributed by atoms with Crippen molar-refractivity contribution < 1.29 is 18.7 Å². The van der Waals surface area contributed by atoms with Gasteiger partial charge in [0.15, 0.2) is 5.13 Å². The van der Waals surface area contributed by atoms with Crippen molar-refractivity contribution in [3.05, 3.63) is 63.6 Å². The van der Waals surface area contributed by atoms with E-state index < -0.39 is 5.97 Å². The number of hydrogen-bond acceptors (Lipinski definition) is 6. The Bertz CT molecular complexity index is 1030. The van der Waals surface area contributed by atoms with E-state index in [0.717, 1.165) is 16.8 Å². The first-order valence-electron chi connectivity index (χ1n) is 8.82. The maximum Gasteiger partial charge on any atom is 0.342 e. The van der Waals surface area contributed by atoms with E-state index in [1.54, 1.807) is 30.2 Å². The average Bonchev–Trinajstić information content (AvgIpc) is 3.22. The fourth-order valence-corrected chi connectivity index (χ4v) is 3.68. The molecule has 7 heteroatoms. The summed E-state index contributed by atoms with van der Waals surface area (Å²) in [5.41, 5.74) is 4.01. The van der Waals surface area contributed by atoms with E-state index in [1.807, 2.05) is 32.0 Å². The molecule has 6 nitrogen and oxygen atoms in total. The molecule has 0 spiro atoms. The van der Waals surface area contributed by atoms with Crippen molar-refractivity contribution in [1.29, 1.82) is 0 Å². The van der Waals surface area contributed by atoms with Gasteiger partial charge in [-0.15, -0.1) is 11.3 Å². The third kappa shape index (κ3) is 4.14. The van der Waals surface area contributed by atoms with Gasteiger partial charge in [-0.1, -0.05) is 6.07 Å². The molecule has 0 unspecified atom stereocenters. The molecule has 1 aromatic carbocycles. The Labute approximate surface area is 167 Å². The number of nitrogens with zero attached hydrogens (tertiary/aromatic N) is 2. The van der Waals surface area contributed by atoms with E-state index in [9.17, 15) is 9.59 Å². The lowest BCUT2D eigenvalue weighted by atomic mass is 10.1. The van der Waals surface area contributed by atoms with Crippen LogP contribution in [0.5, 0.6) is 0 Å². The largest absolute Gasteiger partial charge is 0.466 e. The maximum absolute atomic E-state index is 12.2. The van der Waals surface area contributed by atoms with Crippen LogP contribution in [0.1, 0.15) is 45.6 Å². The highest BCUT2D eigenvalue weighted by Gasteiger charge is 2.20. The summed E-state index contributed by atoms with van der Waals surface area (Å²) in [6.07, 6.45) is 0. The molecule has 0 saturated carbocycles. The highest BCUT2D eigenvalue weighted by atomic mass is 32.1. The molecule has 1 amide bonds. The van der Waals surface area contributed by atoms with Crippen LogP contribution in [0.25, 0.3) is 0 Å². The summed E-state index contributed by atoms with van der Waals surface area (Å²) in [5, 5.41) is 2.32. The molecule has 0 bridgehead atoms. The molecule has 0 saturated heterocycles. The topological polar surface area (TPSA) is 72.6 Å². The molecule has 3 rings (SSSR count). The predicted octanol–water partition coefficient (Wildman–Crippen LogP) is 5.01. The highest BCUT2D eigenvalue weighted by molar-refractivity contribution is 7.14. The van der Waals surface area contributed by atoms with Gasteiger partial charge in [-0.25, -0.2) is 9.78 Å². The van der Waals surface area contributed by atoms with Crippen LogP contribution in [-0.2, 0) is 16.1 Å². The van der Waals surface area contributed by atoms with Crippen molar-refractivity contribution in [2.45, 2.75) is 41.2 Å². The predicted molar refractivity (Wildman–Crippen MR) is 108 cm³/mol. The molecule has 0 aliphatic heterocycles. The number of rotatable bonds is 5. The lowest BCUT2D eigenvalue weighted by Crippen LogP contribution is -2.22. The number of hydrogen-bond donors (Lipinski definition) is 0. The summed E-state index contributed by atoms with van der Waals surface area (Å²) in [7, 11) is 0. The smallest absolute Gasteiger partial charge is 0.342 e. The number of esters is 1. The molecule has 0 fully saturated rings. The molecule has 146 valence electrons. The van der Waals surface area contributed by atoms with Crippen molar-refractivity contribution in [2.75, 3.05) is 4.90 Å². The highest BCUT2D eigenvalue weighted by Crippen LogP contribution is 2.30. The Morgan fingerprint density at radius 2 is 1.89 bits per heavy atom. The minimum atomic E-state index is -0.457. The van der Waals surface area contributed by atoms with Crippen LogP contribution in [0.4, 0.5) is 10.8 Å². The minimum absolute atomic E-state index is 0.0255. The Hall–Kier alpha value is -2.93. The fraction of sp³-hybridized carbons (Fsp3) is 0.286. The normalized spacial score (nSPS) is 10.8. The van der Waals surface area contributed by atoms with Crippen LogP contribution < -0.4 is 4.90 Å². The van der Waals surface area contributed by atoms with E-state index in [1.165, 1.54) is 18.3 Å². The van der Waals surface area contributed by atoms with Crippen molar-refractivity contribution in [2.24, 2.45) is 0 Å². The first-order chi connectivity index (χ1) is 13.3. The molecule has 0 radical (unpaired) electrons. The molecule has 2 aromatic heterocycles. The third-order valence-corrected chi connectivity index (χ3v) is 5.28. The van der Waals surface area contributed by atoms with Crippen molar-refractivity contribution >= 4 is 34.0 Å². The molecule has 2 heterocycles. The second kappa shape index (κ2) is 7.98. The van der Waals surface area contributed by atoms with Gasteiger partial charge in [0.25, 0.3) is 0 Å². The lowest BCUT2D eigenvalue weighted by Gasteiger charge is -2.19. The Kier molecular flexibility index (Phi) is 5.65. The second-order valence-corrected chi connectivity index (χ2v) is 7.48. The van der Waals surface area contributed by atoms with E-state index >= 15 is 0 Å². The summed E-state index contributed by atoms with van der Waals surface area (Å²) in [4.78, 5) is 30.5. The van der Waals surface area contributed by atoms with Gasteiger partial charge in [-0.2, -0.15) is 0 Å². The van der Waals surface area contributed by atoms with Crippen LogP contribution in [0, 0.1) is 27.7 Å². The SMILES string of the molecule is CC(=O)N(c1ccc(C)c(C)c1)c1nc(COC(=O)c2cc(C)oc2C)cs1. The average molecular weight is 398 g/mol. The molecule has 0 aliphatic rings. The Morgan fingerprint density at radius 3 is 2.50 bits per heavy atom. The molecular formula is C21H22N2O4S. The van der Waals surface area contributed by atoms with E-state index in [0.29, 0.717) is 27.9 Å². The summed E-state index contributed by atoms with van der Waals surface area (Å²) < 4.78 is 10.7. The monoisotopic (exact) mass is 398 g/mol. The molecule has 0 aliphatic carbocycles. The number of aromatic nitrogens is 1. The van der Waals surface area contributed by atoms with E-state index in [2.05, 4.69) is 4.98 Å². The summed E-state index contributed by atoms with van der Waals surface area (Å²) in [6.45, 7) is 9.05. The van der Waals surface area contributed by atoms with E-state index in [-0.39, 0.29) is 12.5 Å². The number of benzene rings is 1. The van der Waals surface area contributed by atoms with Crippen LogP contribution in [0.2, 0.25) is 0 Å². The van der Waals surface area contributed by atoms with Gasteiger partial charge < -0.3 is 9.15 Å². The Balaban J connectivity index is 1.76. The maximum atomic E-state index is 12.2. The van der Waals surface area contributed by atoms with Gasteiger partial charge in [0.1, 0.15) is 23.7 Å². The number of thiazole rings is 1. The van der Waals surface area contributed by atoms with Gasteiger partial charge in [0.2, 0.25) is 5.91 Å². The molecule has 0 N–H and O–H groups in total. The Morgan fingerprint density at radius 1 is 1.14 bits per heavy atom. The van der Waals surface area contributed by atoms with Gasteiger partial charge in [0.05, 0.1) is 11.4 Å². The molecular weight excluding hydrogens is 376 g/mol. The zero-order chi connectivity index (χ0) is 20.4. The van der Waals surface area contributed by atoms with Gasteiger partial charge in [-0.05, 0) is 57.0 Å². The quantitative estimate of drug-likeness (QED) is 0.565. The van der Waals surface area contributed by atoms with Gasteiger partial charge in [0, 0.05) is 12.3 Å². The molecule has 0 atom stereocenters. The lowest BCUT2D eigenvalue weighted by molar-refractivity contribution is -0.115. The minimum Gasteiger partial charge on any atom is -0.466 e. The van der Waals surface area contributed by atoms with Crippen LogP contribution in [-0.4, -0.2) is 16.9 Å².